The number of nitrogens with zero attached hydrogens (tertiary/aromatic N) is 2. The summed E-state index contributed by atoms with van der Waals surface area (Å²) < 4.78 is 14.2. The van der Waals surface area contributed by atoms with E-state index in [0.29, 0.717) is 24.7 Å². The number of benzene rings is 2. The monoisotopic (exact) mass is 521 g/mol. The summed E-state index contributed by atoms with van der Waals surface area (Å²) in [5.41, 5.74) is 8.89. The molecule has 0 aliphatic heterocycles. The number of nitrogens with two attached hydrogens (primary N) is 1. The second-order valence-electron chi connectivity index (χ2n) is 8.12. The first-order valence-electron chi connectivity index (χ1n) is 11.4. The van der Waals surface area contributed by atoms with Crippen molar-refractivity contribution in [2.24, 2.45) is 5.73 Å². The van der Waals surface area contributed by atoms with Gasteiger partial charge in [-0.25, -0.2) is 4.98 Å². The lowest BCUT2D eigenvalue weighted by Crippen LogP contribution is -2.34. The minimum absolute atomic E-state index is 0.0346. The molecule has 0 bridgehead atoms. The zero-order valence-corrected chi connectivity index (χ0v) is 20.6. The molecule has 0 unspecified atom stereocenters. The van der Waals surface area contributed by atoms with Crippen LogP contribution in [0.15, 0.2) is 93.0 Å². The molecule has 2 aromatic heterocycles. The predicted octanol–water partition coefficient (Wildman–Crippen LogP) is 5.60. The topological polar surface area (TPSA) is 83.3 Å². The van der Waals surface area contributed by atoms with Gasteiger partial charge in [-0.05, 0) is 33.5 Å². The van der Waals surface area contributed by atoms with E-state index in [-0.39, 0.29) is 23.1 Å². The average Bonchev–Trinajstić information content (AvgIpc) is 3.21. The van der Waals surface area contributed by atoms with Crippen LogP contribution in [0.25, 0.3) is 11.6 Å². The van der Waals surface area contributed by atoms with Crippen LogP contribution < -0.4 is 15.9 Å². The molecule has 0 saturated carbocycles. The first-order chi connectivity index (χ1) is 16.6. The number of rotatable bonds is 10. The summed E-state index contributed by atoms with van der Waals surface area (Å²) >= 11 is 3.60. The van der Waals surface area contributed by atoms with Gasteiger partial charge in [0.25, 0.3) is 0 Å². The number of hydrogen-bond donors (Lipinski definition) is 1. The van der Waals surface area contributed by atoms with E-state index in [2.05, 4.69) is 52.1 Å². The maximum Gasteiger partial charge on any atom is 0.227 e. The van der Waals surface area contributed by atoms with Gasteiger partial charge < -0.3 is 19.5 Å². The first-order valence-corrected chi connectivity index (χ1v) is 12.2. The summed E-state index contributed by atoms with van der Waals surface area (Å²) in [6.07, 6.45) is 4.86. The molecule has 7 heteroatoms. The Morgan fingerprint density at radius 1 is 1.06 bits per heavy atom. The van der Waals surface area contributed by atoms with Crippen LogP contribution in [0.1, 0.15) is 36.8 Å². The molecule has 176 valence electrons. The number of halogens is 1. The lowest BCUT2D eigenvalue weighted by Gasteiger charge is -2.26. The molecule has 34 heavy (non-hydrogen) atoms. The van der Waals surface area contributed by atoms with Crippen molar-refractivity contribution >= 4 is 15.9 Å². The van der Waals surface area contributed by atoms with E-state index in [9.17, 15) is 4.79 Å². The third-order valence-electron chi connectivity index (χ3n) is 5.73. The van der Waals surface area contributed by atoms with Crippen molar-refractivity contribution in [3.63, 3.8) is 0 Å². The maximum atomic E-state index is 12.6. The molecule has 2 heterocycles. The number of aromatic nitrogens is 2. The van der Waals surface area contributed by atoms with Crippen LogP contribution in [0.4, 0.5) is 0 Å². The van der Waals surface area contributed by atoms with Gasteiger partial charge in [-0.15, -0.1) is 0 Å². The zero-order chi connectivity index (χ0) is 23.9. The highest BCUT2D eigenvalue weighted by atomic mass is 79.9. The molecule has 4 rings (SSSR count). The first kappa shape index (κ1) is 24.0. The zero-order valence-electron chi connectivity index (χ0n) is 19.1. The Labute approximate surface area is 207 Å². The summed E-state index contributed by atoms with van der Waals surface area (Å²) in [5.74, 6) is 0.933. The van der Waals surface area contributed by atoms with Crippen molar-refractivity contribution in [3.05, 3.63) is 105 Å². The standard InChI is InChI=1S/C27H28BrN3O3/c1-2-3-15-33-25-22(32)14-16-34-26(25)27-30-17-23(28)31(27)18-21(29)24(19-10-6-4-7-11-19)20-12-8-5-9-13-20/h4-14,16-17,21,24H,2-3,15,18,29H2,1H3/t21-/m1/s1. The molecule has 0 fully saturated rings. The number of ether oxygens (including phenoxy) is 1. The second-order valence-corrected chi connectivity index (χ2v) is 8.94. The minimum Gasteiger partial charge on any atom is -0.486 e. The van der Waals surface area contributed by atoms with Gasteiger partial charge in [-0.1, -0.05) is 74.0 Å². The Kier molecular flexibility index (Phi) is 7.98. The highest BCUT2D eigenvalue weighted by Crippen LogP contribution is 2.32. The van der Waals surface area contributed by atoms with Crippen LogP contribution in [0.3, 0.4) is 0 Å². The van der Waals surface area contributed by atoms with Crippen molar-refractivity contribution in [2.45, 2.75) is 38.3 Å². The lowest BCUT2D eigenvalue weighted by atomic mass is 9.85. The molecule has 0 saturated heterocycles. The van der Waals surface area contributed by atoms with E-state index in [0.717, 1.165) is 28.6 Å². The van der Waals surface area contributed by atoms with Crippen LogP contribution in [-0.4, -0.2) is 22.2 Å². The quantitative estimate of drug-likeness (QED) is 0.274. The average molecular weight is 522 g/mol. The van der Waals surface area contributed by atoms with E-state index >= 15 is 0 Å². The lowest BCUT2D eigenvalue weighted by molar-refractivity contribution is 0.298. The van der Waals surface area contributed by atoms with Crippen LogP contribution in [-0.2, 0) is 6.54 Å². The fraction of sp³-hybridized carbons (Fsp3) is 0.259. The Morgan fingerprint density at radius 3 is 2.32 bits per heavy atom. The summed E-state index contributed by atoms with van der Waals surface area (Å²) in [4.78, 5) is 17.1. The molecule has 0 spiro atoms. The van der Waals surface area contributed by atoms with Crippen LogP contribution >= 0.6 is 15.9 Å². The third kappa shape index (κ3) is 5.32. The molecular weight excluding hydrogens is 494 g/mol. The van der Waals surface area contributed by atoms with E-state index in [1.165, 1.54) is 12.3 Å². The molecule has 1 atom stereocenters. The van der Waals surface area contributed by atoms with Gasteiger partial charge >= 0.3 is 0 Å². The normalized spacial score (nSPS) is 12.1. The van der Waals surface area contributed by atoms with Crippen LogP contribution in [0, 0.1) is 0 Å². The fourth-order valence-electron chi connectivity index (χ4n) is 4.05. The summed E-state index contributed by atoms with van der Waals surface area (Å²) in [7, 11) is 0. The molecular formula is C27H28BrN3O3. The van der Waals surface area contributed by atoms with E-state index < -0.39 is 0 Å². The fourth-order valence-corrected chi connectivity index (χ4v) is 4.46. The smallest absolute Gasteiger partial charge is 0.227 e. The molecule has 2 N–H and O–H groups in total. The van der Waals surface area contributed by atoms with Crippen molar-refractivity contribution in [3.8, 4) is 17.3 Å². The Balaban J connectivity index is 1.71. The highest BCUT2D eigenvalue weighted by Gasteiger charge is 2.26. The Morgan fingerprint density at radius 2 is 1.71 bits per heavy atom. The summed E-state index contributed by atoms with van der Waals surface area (Å²) in [6.45, 7) is 2.94. The molecule has 0 amide bonds. The van der Waals surface area contributed by atoms with Crippen molar-refractivity contribution in [1.82, 2.24) is 9.55 Å². The minimum atomic E-state index is -0.283. The number of unbranched alkanes of at least 4 members (excludes halogenated alkanes) is 1. The Hall–Kier alpha value is -3.16. The molecule has 0 radical (unpaired) electrons. The van der Waals surface area contributed by atoms with Gasteiger partial charge in [0.15, 0.2) is 5.82 Å². The highest BCUT2D eigenvalue weighted by molar-refractivity contribution is 9.10. The van der Waals surface area contributed by atoms with Crippen molar-refractivity contribution < 1.29 is 9.15 Å². The second kappa shape index (κ2) is 11.3. The molecule has 0 aliphatic carbocycles. The Bertz CT molecular complexity index is 1220. The van der Waals surface area contributed by atoms with Crippen LogP contribution in [0.5, 0.6) is 5.75 Å². The molecule has 6 nitrogen and oxygen atoms in total. The van der Waals surface area contributed by atoms with Crippen LogP contribution in [0.2, 0.25) is 0 Å². The summed E-state index contributed by atoms with van der Waals surface area (Å²) in [5, 5.41) is 0. The third-order valence-corrected chi connectivity index (χ3v) is 6.36. The van der Waals surface area contributed by atoms with E-state index in [4.69, 9.17) is 14.9 Å². The van der Waals surface area contributed by atoms with Gasteiger partial charge in [-0.3, -0.25) is 4.79 Å². The number of hydrogen-bond acceptors (Lipinski definition) is 5. The molecule has 2 aromatic carbocycles. The van der Waals surface area contributed by atoms with E-state index in [1.807, 2.05) is 41.0 Å². The molecule has 0 aliphatic rings. The van der Waals surface area contributed by atoms with Gasteiger partial charge in [-0.2, -0.15) is 0 Å². The largest absolute Gasteiger partial charge is 0.486 e. The van der Waals surface area contributed by atoms with Crippen molar-refractivity contribution in [1.29, 1.82) is 0 Å². The SMILES string of the molecule is CCCCOc1c(-c2ncc(Br)n2C[C@@H](N)C(c2ccccc2)c2ccccc2)occc1=O. The van der Waals surface area contributed by atoms with Gasteiger partial charge in [0.2, 0.25) is 16.9 Å². The van der Waals surface area contributed by atoms with Gasteiger partial charge in [0.1, 0.15) is 4.60 Å². The van der Waals surface area contributed by atoms with Gasteiger partial charge in [0.05, 0.1) is 19.1 Å². The maximum absolute atomic E-state index is 12.6. The van der Waals surface area contributed by atoms with Gasteiger partial charge in [0, 0.05) is 24.6 Å². The predicted molar refractivity (Wildman–Crippen MR) is 137 cm³/mol. The number of imidazole rings is 1. The molecule has 4 aromatic rings. The van der Waals surface area contributed by atoms with E-state index in [1.54, 1.807) is 6.20 Å². The summed E-state index contributed by atoms with van der Waals surface area (Å²) in [6, 6.07) is 21.5. The van der Waals surface area contributed by atoms with Crippen molar-refractivity contribution in [2.75, 3.05) is 6.61 Å².